The largest absolute Gasteiger partial charge is 0.491 e. The Hall–Kier alpha value is -2.01. The van der Waals surface area contributed by atoms with Gasteiger partial charge in [-0.05, 0) is 69.6 Å². The maximum Gasteiger partial charge on any atom is 0.323 e. The van der Waals surface area contributed by atoms with E-state index in [1.165, 1.54) is 42.8 Å². The Balaban J connectivity index is 1.66. The Morgan fingerprint density at radius 3 is 2.46 bits per heavy atom. The molecule has 1 unspecified atom stereocenters. The molecule has 1 aliphatic carbocycles. The number of nitrogens with zero attached hydrogens (tertiary/aromatic N) is 2. The lowest BCUT2D eigenvalue weighted by molar-refractivity contribution is -0.138. The van der Waals surface area contributed by atoms with Crippen molar-refractivity contribution in [1.29, 1.82) is 0 Å². The molecule has 1 aromatic rings. The van der Waals surface area contributed by atoms with Gasteiger partial charge in [-0.25, -0.2) is 13.6 Å². The summed E-state index contributed by atoms with van der Waals surface area (Å²) in [6.45, 7) is 6.21. The molecule has 2 amide bonds. The van der Waals surface area contributed by atoms with E-state index in [-0.39, 0.29) is 16.7 Å². The quantitative estimate of drug-likeness (QED) is 0.485. The highest BCUT2D eigenvalue weighted by molar-refractivity contribution is 8.25. The van der Waals surface area contributed by atoms with Gasteiger partial charge in [0.2, 0.25) is 0 Å². The van der Waals surface area contributed by atoms with Gasteiger partial charge in [-0.1, -0.05) is 18.7 Å². The van der Waals surface area contributed by atoms with Crippen LogP contribution in [0.4, 0.5) is 13.6 Å². The molecular weight excluding hydrogens is 496 g/mol. The van der Waals surface area contributed by atoms with Gasteiger partial charge in [0.1, 0.15) is 4.75 Å². The third-order valence-corrected chi connectivity index (χ3v) is 8.99. The summed E-state index contributed by atoms with van der Waals surface area (Å²) in [5, 5.41) is 12.7. The summed E-state index contributed by atoms with van der Waals surface area (Å²) < 4.78 is 32.0. The maximum atomic E-state index is 14.2. The minimum atomic E-state index is -0.958. The van der Waals surface area contributed by atoms with Crippen LogP contribution >= 0.6 is 23.5 Å². The topological polar surface area (TPSA) is 91.2 Å². The number of carbonyl (C=O) groups is 2. The first-order chi connectivity index (χ1) is 16.5. The number of hydrogen-bond acceptors (Lipinski definition) is 6. The number of ether oxygens (including phenoxy) is 1. The monoisotopic (exact) mass is 529 g/mol. The van der Waals surface area contributed by atoms with Crippen molar-refractivity contribution in [3.63, 3.8) is 0 Å². The maximum absolute atomic E-state index is 14.2. The number of carbonyl (C=O) groups excluding carboxylic acids is 1. The Labute approximate surface area is 213 Å². The van der Waals surface area contributed by atoms with Crippen LogP contribution in [-0.4, -0.2) is 62.7 Å². The van der Waals surface area contributed by atoms with E-state index >= 15 is 0 Å². The van der Waals surface area contributed by atoms with Crippen molar-refractivity contribution in [3.8, 4) is 5.75 Å². The molecule has 1 atom stereocenters. The molecule has 0 bridgehead atoms. The predicted molar refractivity (Wildman–Crippen MR) is 136 cm³/mol. The molecule has 194 valence electrons. The van der Waals surface area contributed by atoms with E-state index in [1.54, 1.807) is 18.7 Å². The zero-order valence-electron chi connectivity index (χ0n) is 20.5. The fourth-order valence-electron chi connectivity index (χ4n) is 4.23. The third kappa shape index (κ3) is 7.25. The number of amides is 2. The molecular formula is C24H33F2N3O4S2. The van der Waals surface area contributed by atoms with Crippen molar-refractivity contribution in [2.24, 2.45) is 10.9 Å². The van der Waals surface area contributed by atoms with Crippen molar-refractivity contribution in [2.75, 3.05) is 20.2 Å². The molecule has 1 aliphatic heterocycles. The zero-order chi connectivity index (χ0) is 25.8. The molecule has 0 spiro atoms. The number of aliphatic imine (C=N–C) groups is 1. The molecule has 0 aromatic heterocycles. The van der Waals surface area contributed by atoms with E-state index in [0.29, 0.717) is 36.2 Å². The van der Waals surface area contributed by atoms with Crippen molar-refractivity contribution >= 4 is 40.7 Å². The van der Waals surface area contributed by atoms with E-state index in [0.717, 1.165) is 25.7 Å². The van der Waals surface area contributed by atoms with E-state index in [2.05, 4.69) is 17.2 Å². The fourth-order valence-corrected chi connectivity index (χ4v) is 7.02. The molecule has 1 aromatic carbocycles. The summed E-state index contributed by atoms with van der Waals surface area (Å²) in [4.78, 5) is 30.9. The number of methoxy groups -OCH3 is 1. The average Bonchev–Trinajstić information content (AvgIpc) is 3.20. The molecule has 7 nitrogen and oxygen atoms in total. The van der Waals surface area contributed by atoms with Gasteiger partial charge in [-0.2, -0.15) is 0 Å². The molecule has 1 saturated carbocycles. The van der Waals surface area contributed by atoms with Crippen LogP contribution in [0.1, 0.15) is 52.0 Å². The number of urea groups is 1. The molecule has 0 saturated heterocycles. The first-order valence-corrected chi connectivity index (χ1v) is 13.5. The Morgan fingerprint density at radius 2 is 1.89 bits per heavy atom. The number of rotatable bonds is 8. The molecule has 2 aliphatic rings. The standard InChI is InChI=1S/C24H33F2N3O4S2/c1-14-5-7-16(8-6-14)29(10-9-15-11-17(25)20(33-4)18(26)12-15)23(32)28-22-27-13-19(34-22)35-24(2,3)21(30)31/h11-12,14,16,19H,5-10,13H2,1-4H3,(H,30,31)(H,27,28,32). The van der Waals surface area contributed by atoms with Gasteiger partial charge in [0, 0.05) is 12.6 Å². The summed E-state index contributed by atoms with van der Waals surface area (Å²) >= 11 is 2.65. The second-order valence-corrected chi connectivity index (χ2v) is 12.8. The van der Waals surface area contributed by atoms with Crippen molar-refractivity contribution in [1.82, 2.24) is 10.2 Å². The van der Waals surface area contributed by atoms with Crippen LogP contribution in [-0.2, 0) is 11.2 Å². The second kappa shape index (κ2) is 11.8. The lowest BCUT2D eigenvalue weighted by Crippen LogP contribution is -2.49. The number of amidine groups is 1. The summed E-state index contributed by atoms with van der Waals surface area (Å²) in [5.74, 6) is -2.25. The van der Waals surface area contributed by atoms with Gasteiger partial charge >= 0.3 is 12.0 Å². The van der Waals surface area contributed by atoms with Crippen molar-refractivity contribution in [3.05, 3.63) is 29.3 Å². The summed E-state index contributed by atoms with van der Waals surface area (Å²) in [5.41, 5.74) is 0.447. The van der Waals surface area contributed by atoms with Crippen LogP contribution in [0.5, 0.6) is 5.75 Å². The van der Waals surface area contributed by atoms with Gasteiger partial charge in [-0.3, -0.25) is 15.1 Å². The third-order valence-electron chi connectivity index (χ3n) is 6.37. The van der Waals surface area contributed by atoms with Crippen LogP contribution < -0.4 is 10.1 Å². The summed E-state index contributed by atoms with van der Waals surface area (Å²) in [7, 11) is 1.22. The fraction of sp³-hybridized carbons (Fsp3) is 0.625. The number of carboxylic acids is 1. The molecule has 1 fully saturated rings. The van der Waals surface area contributed by atoms with Crippen molar-refractivity contribution < 1.29 is 28.2 Å². The Kier molecular flexibility index (Phi) is 9.31. The minimum Gasteiger partial charge on any atom is -0.491 e. The molecule has 11 heteroatoms. The van der Waals surface area contributed by atoms with Gasteiger partial charge in [0.05, 0.1) is 18.2 Å². The van der Waals surface area contributed by atoms with Crippen LogP contribution in [0, 0.1) is 17.6 Å². The van der Waals surface area contributed by atoms with E-state index in [1.807, 2.05) is 0 Å². The molecule has 2 N–H and O–H groups in total. The normalized spacial score (nSPS) is 22.5. The van der Waals surface area contributed by atoms with Crippen LogP contribution in [0.25, 0.3) is 0 Å². The number of carboxylic acid groups (broad SMARTS) is 1. The Morgan fingerprint density at radius 1 is 1.26 bits per heavy atom. The summed E-state index contributed by atoms with van der Waals surface area (Å²) in [6, 6.07) is 2.21. The number of thioether (sulfide) groups is 2. The number of halogens is 2. The zero-order valence-corrected chi connectivity index (χ0v) is 22.1. The first-order valence-electron chi connectivity index (χ1n) is 11.7. The molecule has 0 radical (unpaired) electrons. The average molecular weight is 530 g/mol. The highest BCUT2D eigenvalue weighted by Gasteiger charge is 2.35. The van der Waals surface area contributed by atoms with E-state index in [9.17, 15) is 23.5 Å². The first kappa shape index (κ1) is 27.6. The van der Waals surface area contributed by atoms with Crippen LogP contribution in [0.2, 0.25) is 0 Å². The van der Waals surface area contributed by atoms with E-state index in [4.69, 9.17) is 4.74 Å². The smallest absolute Gasteiger partial charge is 0.323 e. The number of hydrogen-bond donors (Lipinski definition) is 2. The number of nitrogens with one attached hydrogen (secondary N) is 1. The van der Waals surface area contributed by atoms with Gasteiger partial charge in [0.15, 0.2) is 22.6 Å². The number of aliphatic carboxylic acids is 1. The molecule has 1 heterocycles. The minimum absolute atomic E-state index is 0.0299. The van der Waals surface area contributed by atoms with Gasteiger partial charge < -0.3 is 14.7 Å². The van der Waals surface area contributed by atoms with Crippen LogP contribution in [0.3, 0.4) is 0 Å². The SMILES string of the molecule is COc1c(F)cc(CCN(C(=O)NC2=NCC(SC(C)(C)C(=O)O)S2)C2CCC(C)CC2)cc1F. The van der Waals surface area contributed by atoms with Gasteiger partial charge in [0.25, 0.3) is 0 Å². The second-order valence-electron chi connectivity index (χ2n) is 9.51. The molecule has 35 heavy (non-hydrogen) atoms. The van der Waals surface area contributed by atoms with Crippen molar-refractivity contribution in [2.45, 2.75) is 68.2 Å². The van der Waals surface area contributed by atoms with Crippen LogP contribution in [0.15, 0.2) is 17.1 Å². The van der Waals surface area contributed by atoms with Gasteiger partial charge in [-0.15, -0.1) is 11.8 Å². The summed E-state index contributed by atoms with van der Waals surface area (Å²) in [6.07, 6.45) is 4.05. The molecule has 3 rings (SSSR count). The lowest BCUT2D eigenvalue weighted by atomic mass is 9.86. The lowest BCUT2D eigenvalue weighted by Gasteiger charge is -2.36. The predicted octanol–water partition coefficient (Wildman–Crippen LogP) is 5.13. The highest BCUT2D eigenvalue weighted by atomic mass is 32.2. The number of benzene rings is 1. The highest BCUT2D eigenvalue weighted by Crippen LogP contribution is 2.38. The van der Waals surface area contributed by atoms with E-state index < -0.39 is 28.1 Å². The Bertz CT molecular complexity index is 945.